The molecule has 24 heavy (non-hydrogen) atoms. The van der Waals surface area contributed by atoms with Gasteiger partial charge >= 0.3 is 0 Å². The van der Waals surface area contributed by atoms with Gasteiger partial charge in [-0.25, -0.2) is 0 Å². The number of hydrogen-bond acceptors (Lipinski definition) is 2. The summed E-state index contributed by atoms with van der Waals surface area (Å²) in [5.74, 6) is 0.236. The topological polar surface area (TPSA) is 40.6 Å². The van der Waals surface area contributed by atoms with Crippen LogP contribution in [0.15, 0.2) is 24.3 Å². The van der Waals surface area contributed by atoms with Gasteiger partial charge in [0.05, 0.1) is 12.0 Å². The van der Waals surface area contributed by atoms with Crippen molar-refractivity contribution in [2.24, 2.45) is 5.92 Å². The Bertz CT molecular complexity index is 611. The van der Waals surface area contributed by atoms with Gasteiger partial charge in [0.2, 0.25) is 11.8 Å². The first-order valence-corrected chi connectivity index (χ1v) is 9.11. The maximum atomic E-state index is 13.3. The number of aryl methyl sites for hydroxylation is 1. The molecule has 0 bridgehead atoms. The molecule has 2 aliphatic rings. The van der Waals surface area contributed by atoms with Crippen molar-refractivity contribution >= 4 is 11.8 Å². The summed E-state index contributed by atoms with van der Waals surface area (Å²) in [6, 6.07) is 8.42. The Kier molecular flexibility index (Phi) is 4.93. The van der Waals surface area contributed by atoms with E-state index in [0.29, 0.717) is 18.9 Å². The highest BCUT2D eigenvalue weighted by atomic mass is 16.2. The summed E-state index contributed by atoms with van der Waals surface area (Å²) in [5, 5.41) is 0. The molecule has 2 amide bonds. The molecule has 1 aromatic carbocycles. The molecule has 0 aliphatic carbocycles. The van der Waals surface area contributed by atoms with E-state index in [1.807, 2.05) is 7.05 Å². The zero-order valence-corrected chi connectivity index (χ0v) is 15.0. The van der Waals surface area contributed by atoms with Gasteiger partial charge < -0.3 is 9.80 Å². The van der Waals surface area contributed by atoms with E-state index in [4.69, 9.17) is 0 Å². The van der Waals surface area contributed by atoms with Crippen LogP contribution in [0.3, 0.4) is 0 Å². The minimum atomic E-state index is -0.145. The first kappa shape index (κ1) is 17.0. The standard InChI is InChI=1S/C20H28N2O2/c1-14-7-9-16(10-8-14)19-17(11-12-18(23)21(19)3)20(24)22-13-5-4-6-15(22)2/h7-10,15,17,19H,4-6,11-13H2,1-3H3/t15-,17+,19-/m1/s1. The van der Waals surface area contributed by atoms with Crippen molar-refractivity contribution in [3.63, 3.8) is 0 Å². The van der Waals surface area contributed by atoms with Gasteiger partial charge in [-0.05, 0) is 45.1 Å². The summed E-state index contributed by atoms with van der Waals surface area (Å²) >= 11 is 0. The maximum absolute atomic E-state index is 13.3. The molecular weight excluding hydrogens is 300 g/mol. The van der Waals surface area contributed by atoms with Crippen LogP contribution in [-0.4, -0.2) is 41.2 Å². The van der Waals surface area contributed by atoms with E-state index in [2.05, 4.69) is 43.0 Å². The highest BCUT2D eigenvalue weighted by Crippen LogP contribution is 2.38. The molecule has 4 nitrogen and oxygen atoms in total. The Morgan fingerprint density at radius 3 is 2.50 bits per heavy atom. The van der Waals surface area contributed by atoms with Crippen molar-refractivity contribution in [2.75, 3.05) is 13.6 Å². The Labute approximate surface area is 144 Å². The first-order chi connectivity index (χ1) is 11.5. The maximum Gasteiger partial charge on any atom is 0.228 e. The third kappa shape index (κ3) is 3.19. The Morgan fingerprint density at radius 2 is 1.83 bits per heavy atom. The predicted octanol–water partition coefficient (Wildman–Crippen LogP) is 3.31. The van der Waals surface area contributed by atoms with Crippen LogP contribution in [0.25, 0.3) is 0 Å². The second-order valence-electron chi connectivity index (χ2n) is 7.38. The lowest BCUT2D eigenvalue weighted by Crippen LogP contribution is -2.51. The van der Waals surface area contributed by atoms with Crippen molar-refractivity contribution in [1.29, 1.82) is 0 Å². The molecule has 2 aliphatic heterocycles. The lowest BCUT2D eigenvalue weighted by Gasteiger charge is -2.43. The predicted molar refractivity (Wildman–Crippen MR) is 94.4 cm³/mol. The van der Waals surface area contributed by atoms with Crippen LogP contribution in [0, 0.1) is 12.8 Å². The number of rotatable bonds is 2. The second kappa shape index (κ2) is 6.96. The number of piperidine rings is 2. The molecule has 1 aromatic rings. The molecule has 0 saturated carbocycles. The summed E-state index contributed by atoms with van der Waals surface area (Å²) < 4.78 is 0. The normalized spacial score (nSPS) is 28.1. The fourth-order valence-electron chi connectivity index (χ4n) is 4.15. The summed E-state index contributed by atoms with van der Waals surface area (Å²) in [6.45, 7) is 5.06. The number of benzene rings is 1. The van der Waals surface area contributed by atoms with Crippen LogP contribution < -0.4 is 0 Å². The third-order valence-electron chi connectivity index (χ3n) is 5.68. The molecular formula is C20H28N2O2. The molecule has 0 radical (unpaired) electrons. The van der Waals surface area contributed by atoms with Gasteiger partial charge in [0, 0.05) is 26.1 Å². The van der Waals surface area contributed by atoms with Crippen LogP contribution in [0.2, 0.25) is 0 Å². The van der Waals surface area contributed by atoms with Crippen LogP contribution in [0.5, 0.6) is 0 Å². The molecule has 0 aromatic heterocycles. The van der Waals surface area contributed by atoms with Crippen LogP contribution in [0.4, 0.5) is 0 Å². The molecule has 2 fully saturated rings. The minimum Gasteiger partial charge on any atom is -0.340 e. The van der Waals surface area contributed by atoms with E-state index in [1.165, 1.54) is 12.0 Å². The number of hydrogen-bond donors (Lipinski definition) is 0. The number of carbonyl (C=O) groups is 2. The summed E-state index contributed by atoms with van der Waals surface area (Å²) in [7, 11) is 1.84. The average molecular weight is 328 g/mol. The quantitative estimate of drug-likeness (QED) is 0.836. The van der Waals surface area contributed by atoms with Gasteiger partial charge in [0.1, 0.15) is 0 Å². The number of carbonyl (C=O) groups excluding carboxylic acids is 2. The van der Waals surface area contributed by atoms with Crippen molar-refractivity contribution in [3.8, 4) is 0 Å². The van der Waals surface area contributed by atoms with Gasteiger partial charge in [-0.3, -0.25) is 9.59 Å². The molecule has 0 N–H and O–H groups in total. The lowest BCUT2D eigenvalue weighted by atomic mass is 9.82. The summed E-state index contributed by atoms with van der Waals surface area (Å²) in [5.41, 5.74) is 2.26. The van der Waals surface area contributed by atoms with Crippen LogP contribution >= 0.6 is 0 Å². The van der Waals surface area contributed by atoms with Gasteiger partial charge in [0.25, 0.3) is 0 Å². The molecule has 2 heterocycles. The molecule has 130 valence electrons. The minimum absolute atomic E-state index is 0.129. The van der Waals surface area contributed by atoms with E-state index < -0.39 is 0 Å². The van der Waals surface area contributed by atoms with Gasteiger partial charge in [0.15, 0.2) is 0 Å². The molecule has 4 heteroatoms. The van der Waals surface area contributed by atoms with Crippen molar-refractivity contribution in [3.05, 3.63) is 35.4 Å². The van der Waals surface area contributed by atoms with Crippen molar-refractivity contribution in [2.45, 2.75) is 58.0 Å². The van der Waals surface area contributed by atoms with Gasteiger partial charge in [-0.15, -0.1) is 0 Å². The van der Waals surface area contributed by atoms with Crippen molar-refractivity contribution in [1.82, 2.24) is 9.80 Å². The highest BCUT2D eigenvalue weighted by Gasteiger charge is 2.41. The zero-order chi connectivity index (χ0) is 17.3. The zero-order valence-electron chi connectivity index (χ0n) is 15.0. The fraction of sp³-hybridized carbons (Fsp3) is 0.600. The van der Waals surface area contributed by atoms with Gasteiger partial charge in [-0.1, -0.05) is 29.8 Å². The molecule has 2 saturated heterocycles. The molecule has 3 rings (SSSR count). The van der Waals surface area contributed by atoms with E-state index >= 15 is 0 Å². The largest absolute Gasteiger partial charge is 0.340 e. The SMILES string of the molecule is Cc1ccc([C@@H]2[C@@H](C(=O)N3CCCC[C@H]3C)CCC(=O)N2C)cc1. The number of likely N-dealkylation sites (tertiary alicyclic amines) is 2. The summed E-state index contributed by atoms with van der Waals surface area (Å²) in [6.07, 6.45) is 4.51. The van der Waals surface area contributed by atoms with E-state index in [9.17, 15) is 9.59 Å². The second-order valence-corrected chi connectivity index (χ2v) is 7.38. The fourth-order valence-corrected chi connectivity index (χ4v) is 4.15. The monoisotopic (exact) mass is 328 g/mol. The molecule has 3 atom stereocenters. The smallest absolute Gasteiger partial charge is 0.228 e. The Hall–Kier alpha value is -1.84. The van der Waals surface area contributed by atoms with E-state index in [0.717, 1.165) is 24.9 Å². The highest BCUT2D eigenvalue weighted by molar-refractivity contribution is 5.85. The lowest BCUT2D eigenvalue weighted by molar-refractivity contribution is -0.148. The van der Waals surface area contributed by atoms with Crippen LogP contribution in [-0.2, 0) is 9.59 Å². The van der Waals surface area contributed by atoms with Crippen molar-refractivity contribution < 1.29 is 9.59 Å². The Balaban J connectivity index is 1.89. The van der Waals surface area contributed by atoms with E-state index in [-0.39, 0.29) is 23.8 Å². The van der Waals surface area contributed by atoms with E-state index in [1.54, 1.807) is 4.90 Å². The number of nitrogens with zero attached hydrogens (tertiary/aromatic N) is 2. The summed E-state index contributed by atoms with van der Waals surface area (Å²) in [4.78, 5) is 29.3. The average Bonchev–Trinajstić information content (AvgIpc) is 2.58. The first-order valence-electron chi connectivity index (χ1n) is 9.11. The third-order valence-corrected chi connectivity index (χ3v) is 5.68. The Morgan fingerprint density at radius 1 is 1.12 bits per heavy atom. The molecule has 0 unspecified atom stereocenters. The van der Waals surface area contributed by atoms with Gasteiger partial charge in [-0.2, -0.15) is 0 Å². The molecule has 0 spiro atoms. The van der Waals surface area contributed by atoms with Crippen LogP contribution in [0.1, 0.15) is 56.2 Å². The number of amides is 2.